The van der Waals surface area contributed by atoms with Crippen LogP contribution in [0.25, 0.3) is 0 Å². The Balaban J connectivity index is 1.41. The molecule has 4 rings (SSSR count). The number of aliphatic carboxylic acids is 1. The Morgan fingerprint density at radius 2 is 1.90 bits per heavy atom. The van der Waals surface area contributed by atoms with Gasteiger partial charge in [0.25, 0.3) is 5.91 Å². The minimum absolute atomic E-state index is 0.0635. The number of carboxylic acids is 1. The van der Waals surface area contributed by atoms with E-state index in [1.165, 1.54) is 5.56 Å². The lowest BCUT2D eigenvalue weighted by Gasteiger charge is -2.51. The maximum Gasteiger partial charge on any atom is 0.311 e. The minimum atomic E-state index is -0.744. The first kappa shape index (κ1) is 21.4. The van der Waals surface area contributed by atoms with E-state index in [2.05, 4.69) is 17.0 Å². The van der Waals surface area contributed by atoms with Crippen molar-refractivity contribution in [2.45, 2.75) is 31.7 Å². The van der Waals surface area contributed by atoms with E-state index >= 15 is 0 Å². The highest BCUT2D eigenvalue weighted by Crippen LogP contribution is 2.42. The van der Waals surface area contributed by atoms with E-state index in [1.54, 1.807) is 17.0 Å². The van der Waals surface area contributed by atoms with Gasteiger partial charge in [-0.15, -0.1) is 0 Å². The molecule has 2 atom stereocenters. The number of benzene rings is 2. The van der Waals surface area contributed by atoms with Gasteiger partial charge in [-0.25, -0.2) is 0 Å². The summed E-state index contributed by atoms with van der Waals surface area (Å²) < 4.78 is 5.88. The number of rotatable bonds is 6. The second kappa shape index (κ2) is 9.10. The molecule has 0 radical (unpaired) electrons. The third-order valence-electron chi connectivity index (χ3n) is 6.82. The largest absolute Gasteiger partial charge is 0.493 e. The SMILES string of the molecule is CN1CCC[C@]2(C(=O)O)CCN(C(=O)c3cccc(OCCc4ccccc4)c3)C[C@@H]12. The lowest BCUT2D eigenvalue weighted by atomic mass is 9.68. The number of carbonyl (C=O) groups is 2. The first-order valence-electron chi connectivity index (χ1n) is 11.0. The number of likely N-dealkylation sites (tertiary alicyclic amines) is 2. The average Bonchev–Trinajstić information content (AvgIpc) is 2.79. The summed E-state index contributed by atoms with van der Waals surface area (Å²) in [7, 11) is 1.97. The molecule has 31 heavy (non-hydrogen) atoms. The summed E-state index contributed by atoms with van der Waals surface area (Å²) in [6.07, 6.45) is 2.87. The van der Waals surface area contributed by atoms with Gasteiger partial charge in [-0.05, 0) is 56.6 Å². The van der Waals surface area contributed by atoms with Gasteiger partial charge in [-0.2, -0.15) is 0 Å². The Morgan fingerprint density at radius 3 is 2.68 bits per heavy atom. The van der Waals surface area contributed by atoms with Crippen molar-refractivity contribution >= 4 is 11.9 Å². The number of nitrogens with zero attached hydrogens (tertiary/aromatic N) is 2. The molecule has 2 aliphatic rings. The van der Waals surface area contributed by atoms with Crippen LogP contribution in [-0.2, 0) is 11.2 Å². The van der Waals surface area contributed by atoms with Crippen molar-refractivity contribution in [3.05, 3.63) is 65.7 Å². The maximum atomic E-state index is 13.2. The monoisotopic (exact) mass is 422 g/mol. The maximum absolute atomic E-state index is 13.2. The predicted molar refractivity (Wildman–Crippen MR) is 118 cm³/mol. The highest BCUT2D eigenvalue weighted by molar-refractivity contribution is 5.95. The molecule has 2 aromatic carbocycles. The zero-order chi connectivity index (χ0) is 21.8. The first-order chi connectivity index (χ1) is 15.0. The molecule has 2 aromatic rings. The zero-order valence-electron chi connectivity index (χ0n) is 18.0. The van der Waals surface area contributed by atoms with Crippen molar-refractivity contribution in [3.8, 4) is 5.75 Å². The van der Waals surface area contributed by atoms with Gasteiger partial charge < -0.3 is 19.6 Å². The Labute approximate surface area is 183 Å². The molecule has 0 aliphatic carbocycles. The summed E-state index contributed by atoms with van der Waals surface area (Å²) in [4.78, 5) is 29.2. The summed E-state index contributed by atoms with van der Waals surface area (Å²) in [6, 6.07) is 17.3. The molecule has 1 amide bonds. The fourth-order valence-electron chi connectivity index (χ4n) is 5.00. The van der Waals surface area contributed by atoms with Crippen LogP contribution in [-0.4, -0.2) is 66.1 Å². The van der Waals surface area contributed by atoms with Crippen LogP contribution in [0, 0.1) is 5.41 Å². The second-order valence-electron chi connectivity index (χ2n) is 8.67. The molecule has 164 valence electrons. The zero-order valence-corrected chi connectivity index (χ0v) is 18.0. The van der Waals surface area contributed by atoms with E-state index in [-0.39, 0.29) is 11.9 Å². The molecule has 2 heterocycles. The molecule has 6 heteroatoms. The summed E-state index contributed by atoms with van der Waals surface area (Å²) in [5.41, 5.74) is 1.05. The van der Waals surface area contributed by atoms with E-state index in [0.29, 0.717) is 43.9 Å². The highest BCUT2D eigenvalue weighted by atomic mass is 16.5. The predicted octanol–water partition coefficient (Wildman–Crippen LogP) is 3.32. The first-order valence-corrected chi connectivity index (χ1v) is 11.0. The van der Waals surface area contributed by atoms with Crippen molar-refractivity contribution in [3.63, 3.8) is 0 Å². The fraction of sp³-hybridized carbons (Fsp3) is 0.440. The van der Waals surface area contributed by atoms with Gasteiger partial charge in [-0.3, -0.25) is 9.59 Å². The quantitative estimate of drug-likeness (QED) is 0.773. The standard InChI is InChI=1S/C25H30N2O4/c1-26-14-6-12-25(24(29)30)13-15-27(18-22(25)26)23(28)20-9-5-10-21(17-20)31-16-11-19-7-3-2-4-8-19/h2-5,7-10,17,22H,6,11-16,18H2,1H3,(H,29,30)/t22-,25+/m1/s1. The van der Waals surface area contributed by atoms with Gasteiger partial charge in [0.05, 0.1) is 12.0 Å². The molecule has 0 spiro atoms. The van der Waals surface area contributed by atoms with E-state index in [4.69, 9.17) is 4.74 Å². The molecule has 0 aromatic heterocycles. The summed E-state index contributed by atoms with van der Waals surface area (Å²) in [5, 5.41) is 9.94. The van der Waals surface area contributed by atoms with Crippen molar-refractivity contribution in [2.24, 2.45) is 5.41 Å². The van der Waals surface area contributed by atoms with Crippen molar-refractivity contribution in [1.29, 1.82) is 0 Å². The molecule has 0 saturated carbocycles. The molecular weight excluding hydrogens is 392 g/mol. The Hall–Kier alpha value is -2.86. The molecule has 0 bridgehead atoms. The number of ether oxygens (including phenoxy) is 1. The number of carboxylic acid groups (broad SMARTS) is 1. The van der Waals surface area contributed by atoms with Crippen LogP contribution in [0.4, 0.5) is 0 Å². The molecule has 1 N–H and O–H groups in total. The topological polar surface area (TPSA) is 70.1 Å². The van der Waals surface area contributed by atoms with Crippen LogP contribution in [0.15, 0.2) is 54.6 Å². The Morgan fingerprint density at radius 1 is 1.10 bits per heavy atom. The van der Waals surface area contributed by atoms with E-state index < -0.39 is 11.4 Å². The lowest BCUT2D eigenvalue weighted by molar-refractivity contribution is -0.161. The average molecular weight is 423 g/mol. The molecule has 6 nitrogen and oxygen atoms in total. The Bertz CT molecular complexity index is 932. The van der Waals surface area contributed by atoms with Crippen LogP contribution < -0.4 is 4.74 Å². The lowest BCUT2D eigenvalue weighted by Crippen LogP contribution is -2.63. The van der Waals surface area contributed by atoms with Crippen LogP contribution in [0.1, 0.15) is 35.2 Å². The van der Waals surface area contributed by atoms with Gasteiger partial charge in [0.2, 0.25) is 0 Å². The van der Waals surface area contributed by atoms with Crippen LogP contribution in [0.5, 0.6) is 5.75 Å². The van der Waals surface area contributed by atoms with E-state index in [9.17, 15) is 14.7 Å². The third kappa shape index (κ3) is 4.44. The number of hydrogen-bond acceptors (Lipinski definition) is 4. The van der Waals surface area contributed by atoms with Crippen molar-refractivity contribution < 1.29 is 19.4 Å². The highest BCUT2D eigenvalue weighted by Gasteiger charge is 2.52. The number of piperidine rings is 2. The van der Waals surface area contributed by atoms with Crippen LogP contribution in [0.2, 0.25) is 0 Å². The minimum Gasteiger partial charge on any atom is -0.493 e. The number of fused-ring (bicyclic) bond motifs is 1. The van der Waals surface area contributed by atoms with E-state index in [0.717, 1.165) is 19.4 Å². The smallest absolute Gasteiger partial charge is 0.311 e. The van der Waals surface area contributed by atoms with Gasteiger partial charge in [0.1, 0.15) is 5.75 Å². The third-order valence-corrected chi connectivity index (χ3v) is 6.82. The molecule has 0 unspecified atom stereocenters. The second-order valence-corrected chi connectivity index (χ2v) is 8.67. The van der Waals surface area contributed by atoms with Crippen LogP contribution in [0.3, 0.4) is 0 Å². The molecule has 2 fully saturated rings. The van der Waals surface area contributed by atoms with Gasteiger partial charge >= 0.3 is 5.97 Å². The normalized spacial score (nSPS) is 23.8. The van der Waals surface area contributed by atoms with Crippen LogP contribution >= 0.6 is 0 Å². The number of likely N-dealkylation sites (N-methyl/N-ethyl adjacent to an activating group) is 1. The molecule has 2 saturated heterocycles. The van der Waals surface area contributed by atoms with Crippen molar-refractivity contribution in [2.75, 3.05) is 33.3 Å². The number of carbonyl (C=O) groups excluding carboxylic acids is 1. The van der Waals surface area contributed by atoms with E-state index in [1.807, 2.05) is 37.4 Å². The van der Waals surface area contributed by atoms with Crippen molar-refractivity contribution in [1.82, 2.24) is 9.80 Å². The summed E-state index contributed by atoms with van der Waals surface area (Å²) >= 11 is 0. The number of hydrogen-bond donors (Lipinski definition) is 1. The number of amides is 1. The summed E-state index contributed by atoms with van der Waals surface area (Å²) in [6.45, 7) is 2.32. The molecular formula is C25H30N2O4. The molecule has 2 aliphatic heterocycles. The van der Waals surface area contributed by atoms with Gasteiger partial charge in [0.15, 0.2) is 0 Å². The fourth-order valence-corrected chi connectivity index (χ4v) is 5.00. The Kier molecular flexibility index (Phi) is 6.28. The van der Waals surface area contributed by atoms with Gasteiger partial charge in [-0.1, -0.05) is 36.4 Å². The summed E-state index contributed by atoms with van der Waals surface area (Å²) in [5.74, 6) is -0.120. The van der Waals surface area contributed by atoms with Gasteiger partial charge in [0, 0.05) is 31.1 Å².